The van der Waals surface area contributed by atoms with Gasteiger partial charge in [0.05, 0.1) is 10.9 Å². The third-order valence-corrected chi connectivity index (χ3v) is 5.55. The third kappa shape index (κ3) is 5.21. The first-order valence-electron chi connectivity index (χ1n) is 7.89. The van der Waals surface area contributed by atoms with E-state index in [2.05, 4.69) is 10.6 Å². The summed E-state index contributed by atoms with van der Waals surface area (Å²) in [4.78, 5) is 12.0. The van der Waals surface area contributed by atoms with Gasteiger partial charge in [-0.3, -0.25) is 0 Å². The van der Waals surface area contributed by atoms with E-state index >= 15 is 0 Å². The first-order valence-corrected chi connectivity index (χ1v) is 9.33. The number of urea groups is 1. The molecular weight excluding hydrogens is 314 g/mol. The Morgan fingerprint density at radius 1 is 1.04 bits per heavy atom. The lowest BCUT2D eigenvalue weighted by Gasteiger charge is -2.20. The minimum absolute atomic E-state index is 0.0591. The van der Waals surface area contributed by atoms with Crippen LogP contribution >= 0.6 is 0 Å². The van der Waals surface area contributed by atoms with E-state index in [1.54, 1.807) is 24.3 Å². The van der Waals surface area contributed by atoms with Crippen LogP contribution in [-0.2, 0) is 10.0 Å². The lowest BCUT2D eigenvalue weighted by atomic mass is 10.1. The number of carbonyl (C=O) groups is 1. The van der Waals surface area contributed by atoms with E-state index in [1.165, 1.54) is 4.31 Å². The second kappa shape index (κ2) is 8.31. The second-order valence-corrected chi connectivity index (χ2v) is 7.59. The van der Waals surface area contributed by atoms with Crippen molar-refractivity contribution < 1.29 is 13.2 Å². The fourth-order valence-electron chi connectivity index (χ4n) is 2.22. The number of nitrogens with one attached hydrogen (secondary N) is 2. The fourth-order valence-corrected chi connectivity index (χ4v) is 3.68. The fraction of sp³-hybridized carbons (Fsp3) is 0.562. The van der Waals surface area contributed by atoms with Crippen LogP contribution in [0.1, 0.15) is 46.2 Å². The van der Waals surface area contributed by atoms with Crippen molar-refractivity contribution in [1.29, 1.82) is 0 Å². The van der Waals surface area contributed by atoms with Crippen molar-refractivity contribution in [3.63, 3.8) is 0 Å². The minimum atomic E-state index is -3.45. The van der Waals surface area contributed by atoms with Crippen LogP contribution in [0, 0.1) is 0 Å². The highest BCUT2D eigenvalue weighted by atomic mass is 32.2. The molecule has 0 spiro atoms. The van der Waals surface area contributed by atoms with Gasteiger partial charge in [0.1, 0.15) is 0 Å². The molecule has 0 saturated heterocycles. The molecule has 2 amide bonds. The Morgan fingerprint density at radius 3 is 2.00 bits per heavy atom. The van der Waals surface area contributed by atoms with Crippen molar-refractivity contribution in [3.8, 4) is 0 Å². The van der Waals surface area contributed by atoms with E-state index in [0.29, 0.717) is 13.1 Å². The quantitative estimate of drug-likeness (QED) is 0.800. The monoisotopic (exact) mass is 341 g/mol. The van der Waals surface area contributed by atoms with E-state index in [4.69, 9.17) is 0 Å². The zero-order valence-corrected chi connectivity index (χ0v) is 15.3. The summed E-state index contributed by atoms with van der Waals surface area (Å²) in [6.45, 7) is 10.1. The Bertz CT molecular complexity index is 608. The van der Waals surface area contributed by atoms with E-state index in [-0.39, 0.29) is 23.0 Å². The van der Waals surface area contributed by atoms with Gasteiger partial charge in [0.25, 0.3) is 0 Å². The molecule has 0 aliphatic carbocycles. The van der Waals surface area contributed by atoms with E-state index in [1.807, 2.05) is 34.6 Å². The highest BCUT2D eigenvalue weighted by Crippen LogP contribution is 2.19. The number of hydrogen-bond acceptors (Lipinski definition) is 3. The highest BCUT2D eigenvalue weighted by Gasteiger charge is 2.21. The molecule has 1 atom stereocenters. The van der Waals surface area contributed by atoms with Crippen LogP contribution < -0.4 is 10.6 Å². The average molecular weight is 341 g/mol. The first-order chi connectivity index (χ1) is 10.7. The second-order valence-electron chi connectivity index (χ2n) is 5.65. The maximum atomic E-state index is 12.4. The summed E-state index contributed by atoms with van der Waals surface area (Å²) in [6.07, 6.45) is 0. The predicted molar refractivity (Wildman–Crippen MR) is 91.8 cm³/mol. The number of benzene rings is 1. The van der Waals surface area contributed by atoms with Crippen molar-refractivity contribution in [2.24, 2.45) is 0 Å². The average Bonchev–Trinajstić information content (AvgIpc) is 2.47. The predicted octanol–water partition coefficient (Wildman–Crippen LogP) is 2.49. The largest absolute Gasteiger partial charge is 0.336 e. The number of nitrogens with zero attached hydrogens (tertiary/aromatic N) is 1. The first kappa shape index (κ1) is 19.4. The van der Waals surface area contributed by atoms with Crippen molar-refractivity contribution in [2.45, 2.75) is 51.6 Å². The summed E-state index contributed by atoms with van der Waals surface area (Å²) < 4.78 is 26.3. The summed E-state index contributed by atoms with van der Waals surface area (Å²) >= 11 is 0. The zero-order valence-electron chi connectivity index (χ0n) is 14.5. The van der Waals surface area contributed by atoms with Crippen LogP contribution in [0.3, 0.4) is 0 Å². The summed E-state index contributed by atoms with van der Waals surface area (Å²) in [7, 11) is -3.45. The molecule has 0 saturated carbocycles. The molecule has 0 fully saturated rings. The van der Waals surface area contributed by atoms with Gasteiger partial charge >= 0.3 is 6.03 Å². The molecule has 7 heteroatoms. The summed E-state index contributed by atoms with van der Waals surface area (Å²) in [5, 5.41) is 5.58. The van der Waals surface area contributed by atoms with Gasteiger partial charge in [0.2, 0.25) is 10.0 Å². The highest BCUT2D eigenvalue weighted by molar-refractivity contribution is 7.89. The van der Waals surface area contributed by atoms with Crippen LogP contribution in [0.5, 0.6) is 0 Å². The summed E-state index contributed by atoms with van der Waals surface area (Å²) in [5.41, 5.74) is 0.849. The third-order valence-electron chi connectivity index (χ3n) is 3.49. The molecular formula is C16H27N3O3S. The number of hydrogen-bond donors (Lipinski definition) is 2. The number of carbonyl (C=O) groups excluding carboxylic acids is 1. The molecule has 2 N–H and O–H groups in total. The molecule has 0 aliphatic rings. The van der Waals surface area contributed by atoms with Crippen LogP contribution in [0.2, 0.25) is 0 Å². The van der Waals surface area contributed by atoms with Crippen molar-refractivity contribution in [2.75, 3.05) is 13.1 Å². The molecule has 6 nitrogen and oxygen atoms in total. The van der Waals surface area contributed by atoms with Crippen LogP contribution in [0.4, 0.5) is 4.79 Å². The van der Waals surface area contributed by atoms with Crippen molar-refractivity contribution in [1.82, 2.24) is 14.9 Å². The molecule has 1 unspecified atom stereocenters. The smallest absolute Gasteiger partial charge is 0.315 e. The maximum absolute atomic E-state index is 12.4. The molecule has 1 aromatic rings. The van der Waals surface area contributed by atoms with E-state index < -0.39 is 10.0 Å². The van der Waals surface area contributed by atoms with E-state index in [0.717, 1.165) is 5.56 Å². The molecule has 130 valence electrons. The Kier molecular flexibility index (Phi) is 7.02. The van der Waals surface area contributed by atoms with Gasteiger partial charge in [0.15, 0.2) is 0 Å². The Balaban J connectivity index is 2.86. The molecule has 0 aromatic heterocycles. The maximum Gasteiger partial charge on any atom is 0.315 e. The SMILES string of the molecule is CCN(CC)S(=O)(=O)c1ccc(C(C)NC(=O)NC(C)C)cc1. The molecule has 23 heavy (non-hydrogen) atoms. The van der Waals surface area contributed by atoms with Gasteiger partial charge < -0.3 is 10.6 Å². The lowest BCUT2D eigenvalue weighted by molar-refractivity contribution is 0.235. The Morgan fingerprint density at radius 2 is 1.57 bits per heavy atom. The van der Waals surface area contributed by atoms with Gasteiger partial charge in [-0.1, -0.05) is 26.0 Å². The van der Waals surface area contributed by atoms with Crippen molar-refractivity contribution >= 4 is 16.1 Å². The normalized spacial score (nSPS) is 13.2. The number of amides is 2. The number of sulfonamides is 1. The zero-order chi connectivity index (χ0) is 17.6. The Labute approximate surface area is 139 Å². The molecule has 1 rings (SSSR count). The van der Waals surface area contributed by atoms with Gasteiger partial charge in [-0.05, 0) is 38.5 Å². The topological polar surface area (TPSA) is 78.5 Å². The van der Waals surface area contributed by atoms with Gasteiger partial charge in [-0.25, -0.2) is 13.2 Å². The van der Waals surface area contributed by atoms with Gasteiger partial charge in [-0.2, -0.15) is 4.31 Å². The molecule has 0 bridgehead atoms. The Hall–Kier alpha value is -1.60. The van der Waals surface area contributed by atoms with Crippen LogP contribution in [0.25, 0.3) is 0 Å². The molecule has 0 aliphatic heterocycles. The minimum Gasteiger partial charge on any atom is -0.336 e. The standard InChI is InChI=1S/C16H27N3O3S/c1-6-19(7-2)23(21,22)15-10-8-14(9-11-15)13(5)18-16(20)17-12(3)4/h8-13H,6-7H2,1-5H3,(H2,17,18,20). The molecule has 0 heterocycles. The summed E-state index contributed by atoms with van der Waals surface area (Å²) in [5.74, 6) is 0. The van der Waals surface area contributed by atoms with Gasteiger partial charge in [0, 0.05) is 19.1 Å². The number of rotatable bonds is 7. The van der Waals surface area contributed by atoms with Crippen molar-refractivity contribution in [3.05, 3.63) is 29.8 Å². The summed E-state index contributed by atoms with van der Waals surface area (Å²) in [6, 6.07) is 6.24. The van der Waals surface area contributed by atoms with Crippen LogP contribution in [-0.4, -0.2) is 37.9 Å². The lowest BCUT2D eigenvalue weighted by Crippen LogP contribution is -2.40. The van der Waals surface area contributed by atoms with E-state index in [9.17, 15) is 13.2 Å². The van der Waals surface area contributed by atoms with Gasteiger partial charge in [-0.15, -0.1) is 0 Å². The molecule has 1 aromatic carbocycles. The van der Waals surface area contributed by atoms with Crippen LogP contribution in [0.15, 0.2) is 29.2 Å². The molecule has 0 radical (unpaired) electrons.